The van der Waals surface area contributed by atoms with Crippen LogP contribution in [0.5, 0.6) is 0 Å². The van der Waals surface area contributed by atoms with Crippen molar-refractivity contribution in [2.75, 3.05) is 12.4 Å². The number of anilines is 1. The van der Waals surface area contributed by atoms with Gasteiger partial charge < -0.3 is 10.6 Å². The maximum Gasteiger partial charge on any atom is 0.282 e. The summed E-state index contributed by atoms with van der Waals surface area (Å²) in [6.07, 6.45) is 0.851. The molecular formula is C11H14N4OS2. The van der Waals surface area contributed by atoms with E-state index in [4.69, 9.17) is 0 Å². The van der Waals surface area contributed by atoms with Gasteiger partial charge in [-0.25, -0.2) is 0 Å². The lowest BCUT2D eigenvalue weighted by Crippen LogP contribution is -2.27. The van der Waals surface area contributed by atoms with Crippen molar-refractivity contribution in [1.82, 2.24) is 15.5 Å². The number of nitrogens with zero attached hydrogens (tertiary/aromatic N) is 2. The van der Waals surface area contributed by atoms with Gasteiger partial charge in [0.2, 0.25) is 10.1 Å². The molecule has 2 rings (SSSR count). The fraction of sp³-hybridized carbons (Fsp3) is 0.364. The van der Waals surface area contributed by atoms with Crippen molar-refractivity contribution in [3.8, 4) is 0 Å². The van der Waals surface area contributed by atoms with Gasteiger partial charge in [-0.3, -0.25) is 4.79 Å². The zero-order chi connectivity index (χ0) is 13.0. The summed E-state index contributed by atoms with van der Waals surface area (Å²) in [7, 11) is 1.75. The molecule has 0 aliphatic heterocycles. The zero-order valence-corrected chi connectivity index (χ0v) is 11.8. The van der Waals surface area contributed by atoms with Crippen LogP contribution < -0.4 is 10.6 Å². The summed E-state index contributed by atoms with van der Waals surface area (Å²) in [5.74, 6) is -0.172. The predicted molar refractivity (Wildman–Crippen MR) is 74.3 cm³/mol. The highest BCUT2D eigenvalue weighted by Crippen LogP contribution is 2.23. The Morgan fingerprint density at radius 3 is 2.89 bits per heavy atom. The van der Waals surface area contributed by atoms with Gasteiger partial charge in [0.25, 0.3) is 5.91 Å². The highest BCUT2D eigenvalue weighted by atomic mass is 32.1. The van der Waals surface area contributed by atoms with E-state index < -0.39 is 0 Å². The minimum absolute atomic E-state index is 0.0411. The molecule has 2 aromatic heterocycles. The largest absolute Gasteiger partial charge is 0.363 e. The van der Waals surface area contributed by atoms with Crippen LogP contribution in [0.25, 0.3) is 0 Å². The molecule has 0 saturated carbocycles. The first kappa shape index (κ1) is 13.0. The second-order valence-corrected chi connectivity index (χ2v) is 5.57. The van der Waals surface area contributed by atoms with E-state index in [2.05, 4.69) is 20.8 Å². The molecule has 18 heavy (non-hydrogen) atoms. The van der Waals surface area contributed by atoms with Gasteiger partial charge in [0.1, 0.15) is 0 Å². The van der Waals surface area contributed by atoms with E-state index in [1.54, 1.807) is 18.4 Å². The molecule has 0 fully saturated rings. The topological polar surface area (TPSA) is 66.9 Å². The van der Waals surface area contributed by atoms with Gasteiger partial charge in [-0.05, 0) is 17.9 Å². The maximum atomic E-state index is 12.0. The van der Waals surface area contributed by atoms with Gasteiger partial charge in [-0.15, -0.1) is 21.5 Å². The van der Waals surface area contributed by atoms with Gasteiger partial charge in [0, 0.05) is 11.9 Å². The summed E-state index contributed by atoms with van der Waals surface area (Å²) in [5, 5.41) is 16.6. The Balaban J connectivity index is 2.06. The van der Waals surface area contributed by atoms with Crippen LogP contribution in [0.3, 0.4) is 0 Å². The summed E-state index contributed by atoms with van der Waals surface area (Å²) < 4.78 is 0. The van der Waals surface area contributed by atoms with E-state index in [1.165, 1.54) is 11.3 Å². The van der Waals surface area contributed by atoms with Crippen LogP contribution in [-0.2, 0) is 0 Å². The number of amides is 1. The maximum absolute atomic E-state index is 12.0. The molecule has 0 spiro atoms. The molecule has 5 nitrogen and oxygen atoms in total. The number of carbonyl (C=O) groups is 1. The Labute approximate surface area is 113 Å². The van der Waals surface area contributed by atoms with Gasteiger partial charge in [-0.1, -0.05) is 24.3 Å². The molecule has 1 amide bonds. The molecule has 0 bridgehead atoms. The predicted octanol–water partition coefficient (Wildman–Crippen LogP) is 2.52. The molecule has 0 aliphatic rings. The Morgan fingerprint density at radius 1 is 1.50 bits per heavy atom. The monoisotopic (exact) mass is 282 g/mol. The molecule has 0 aliphatic carbocycles. The third kappa shape index (κ3) is 2.85. The number of hydrogen-bond donors (Lipinski definition) is 2. The summed E-state index contributed by atoms with van der Waals surface area (Å²) >= 11 is 2.89. The quantitative estimate of drug-likeness (QED) is 0.884. The number of hydrogen-bond acceptors (Lipinski definition) is 6. The minimum Gasteiger partial charge on any atom is -0.363 e. The van der Waals surface area contributed by atoms with Crippen molar-refractivity contribution in [1.29, 1.82) is 0 Å². The number of carbonyl (C=O) groups excluding carboxylic acids is 1. The lowest BCUT2D eigenvalue weighted by atomic mass is 10.2. The number of nitrogens with one attached hydrogen (secondary N) is 2. The highest BCUT2D eigenvalue weighted by molar-refractivity contribution is 7.17. The van der Waals surface area contributed by atoms with Crippen molar-refractivity contribution >= 4 is 33.7 Å². The van der Waals surface area contributed by atoms with Crippen LogP contribution in [0.1, 0.15) is 34.1 Å². The van der Waals surface area contributed by atoms with Crippen LogP contribution in [0.15, 0.2) is 17.5 Å². The average molecular weight is 282 g/mol. The Hall–Kier alpha value is -1.47. The fourth-order valence-electron chi connectivity index (χ4n) is 1.50. The van der Waals surface area contributed by atoms with Gasteiger partial charge in [0.15, 0.2) is 0 Å². The SMILES string of the molecule is CCC(NC(=O)c1nnc(NC)s1)c1cccs1. The molecule has 2 heterocycles. The first-order valence-electron chi connectivity index (χ1n) is 5.60. The second-order valence-electron chi connectivity index (χ2n) is 3.61. The normalized spacial score (nSPS) is 12.1. The van der Waals surface area contributed by atoms with Crippen LogP contribution in [-0.4, -0.2) is 23.2 Å². The Bertz CT molecular complexity index is 509. The van der Waals surface area contributed by atoms with Crippen molar-refractivity contribution in [3.05, 3.63) is 27.4 Å². The molecule has 2 N–H and O–H groups in total. The van der Waals surface area contributed by atoms with Crippen molar-refractivity contribution < 1.29 is 4.79 Å². The standard InChI is InChI=1S/C11H14N4OS2/c1-3-7(8-5-4-6-17-8)13-9(16)10-14-15-11(12-2)18-10/h4-7H,3H2,1-2H3,(H,12,15)(H,13,16). The summed E-state index contributed by atoms with van der Waals surface area (Å²) in [6.45, 7) is 2.05. The highest BCUT2D eigenvalue weighted by Gasteiger charge is 2.18. The zero-order valence-electron chi connectivity index (χ0n) is 10.1. The fourth-order valence-corrected chi connectivity index (χ4v) is 2.96. The smallest absolute Gasteiger partial charge is 0.282 e. The molecular weight excluding hydrogens is 268 g/mol. The van der Waals surface area contributed by atoms with Crippen molar-refractivity contribution in [2.45, 2.75) is 19.4 Å². The molecule has 96 valence electrons. The van der Waals surface area contributed by atoms with E-state index in [0.29, 0.717) is 10.1 Å². The van der Waals surface area contributed by atoms with E-state index in [-0.39, 0.29) is 11.9 Å². The first-order chi connectivity index (χ1) is 8.74. The van der Waals surface area contributed by atoms with Gasteiger partial charge >= 0.3 is 0 Å². The van der Waals surface area contributed by atoms with Gasteiger partial charge in [-0.2, -0.15) is 0 Å². The Morgan fingerprint density at radius 2 is 2.33 bits per heavy atom. The number of thiophene rings is 1. The summed E-state index contributed by atoms with van der Waals surface area (Å²) in [5.41, 5.74) is 0. The van der Waals surface area contributed by atoms with E-state index in [0.717, 1.165) is 11.3 Å². The van der Waals surface area contributed by atoms with E-state index in [9.17, 15) is 4.79 Å². The molecule has 0 saturated heterocycles. The van der Waals surface area contributed by atoms with Crippen molar-refractivity contribution in [3.63, 3.8) is 0 Å². The lowest BCUT2D eigenvalue weighted by Gasteiger charge is -2.13. The summed E-state index contributed by atoms with van der Waals surface area (Å²) in [4.78, 5) is 13.2. The van der Waals surface area contributed by atoms with Crippen LogP contribution in [0.2, 0.25) is 0 Å². The minimum atomic E-state index is -0.172. The number of aromatic nitrogens is 2. The lowest BCUT2D eigenvalue weighted by molar-refractivity contribution is 0.0935. The van der Waals surface area contributed by atoms with Crippen LogP contribution >= 0.6 is 22.7 Å². The van der Waals surface area contributed by atoms with Gasteiger partial charge in [0.05, 0.1) is 6.04 Å². The molecule has 2 aromatic rings. The third-order valence-electron chi connectivity index (χ3n) is 2.43. The summed E-state index contributed by atoms with van der Waals surface area (Å²) in [6, 6.07) is 4.05. The first-order valence-corrected chi connectivity index (χ1v) is 7.29. The molecule has 0 aromatic carbocycles. The average Bonchev–Trinajstić information content (AvgIpc) is 3.05. The molecule has 7 heteroatoms. The van der Waals surface area contributed by atoms with Crippen LogP contribution in [0.4, 0.5) is 5.13 Å². The number of rotatable bonds is 5. The van der Waals surface area contributed by atoms with E-state index >= 15 is 0 Å². The second kappa shape index (κ2) is 5.92. The molecule has 1 unspecified atom stereocenters. The molecule has 1 atom stereocenters. The Kier molecular flexibility index (Phi) is 4.27. The van der Waals surface area contributed by atoms with E-state index in [1.807, 2.05) is 24.4 Å². The van der Waals surface area contributed by atoms with Crippen molar-refractivity contribution in [2.24, 2.45) is 0 Å². The van der Waals surface area contributed by atoms with Crippen LogP contribution in [0, 0.1) is 0 Å². The third-order valence-corrected chi connectivity index (χ3v) is 4.36. The molecule has 0 radical (unpaired) electrons.